The lowest BCUT2D eigenvalue weighted by molar-refractivity contribution is -0.140. The smallest absolute Gasteiger partial charge is 0.244 e. The number of rotatable bonds is 10. The number of para-hydroxylation sites is 1. The number of nitrogens with zero attached hydrogens (tertiary/aromatic N) is 2. The molecule has 2 amide bonds. The fourth-order valence-corrected chi connectivity index (χ4v) is 4.05. The van der Waals surface area contributed by atoms with Crippen LogP contribution in [0.4, 0.5) is 5.69 Å². The molecule has 8 heteroatoms. The van der Waals surface area contributed by atoms with Gasteiger partial charge in [-0.15, -0.1) is 0 Å². The Morgan fingerprint density at radius 2 is 1.53 bits per heavy atom. The Bertz CT molecular complexity index is 933. The summed E-state index contributed by atoms with van der Waals surface area (Å²) >= 11 is 0. The molecular weight excluding hydrogens is 402 g/mol. The number of carbonyl (C=O) groups excluding carboxylic acids is 2. The maximum Gasteiger partial charge on any atom is 0.244 e. The second kappa shape index (κ2) is 10.8. The van der Waals surface area contributed by atoms with Crippen molar-refractivity contribution in [2.45, 2.75) is 32.9 Å². The molecule has 1 atom stereocenters. The van der Waals surface area contributed by atoms with E-state index in [0.717, 1.165) is 16.1 Å². The minimum atomic E-state index is -3.70. The van der Waals surface area contributed by atoms with Gasteiger partial charge in [-0.2, -0.15) is 0 Å². The number of hydrogen-bond donors (Lipinski definition) is 1. The molecule has 0 spiro atoms. The van der Waals surface area contributed by atoms with Crippen molar-refractivity contribution in [3.8, 4) is 0 Å². The van der Waals surface area contributed by atoms with Crippen LogP contribution in [-0.2, 0) is 26.2 Å². The number of carbonyl (C=O) groups is 2. The van der Waals surface area contributed by atoms with E-state index < -0.39 is 22.0 Å². The molecule has 0 aliphatic rings. The van der Waals surface area contributed by atoms with E-state index in [-0.39, 0.29) is 19.0 Å². The molecule has 2 aromatic rings. The van der Waals surface area contributed by atoms with Crippen LogP contribution in [0.1, 0.15) is 25.8 Å². The number of anilines is 1. The third kappa shape index (κ3) is 6.32. The first-order valence-electron chi connectivity index (χ1n) is 9.91. The molecule has 0 bridgehead atoms. The summed E-state index contributed by atoms with van der Waals surface area (Å²) in [5.41, 5.74) is 1.26. The van der Waals surface area contributed by atoms with Crippen LogP contribution in [0.15, 0.2) is 60.7 Å². The zero-order chi connectivity index (χ0) is 22.1. The van der Waals surface area contributed by atoms with Crippen LogP contribution in [0.2, 0.25) is 0 Å². The largest absolute Gasteiger partial charge is 0.355 e. The molecular formula is C22H29N3O4S. The first-order chi connectivity index (χ1) is 14.3. The minimum absolute atomic E-state index is 0.210. The van der Waals surface area contributed by atoms with E-state index in [1.54, 1.807) is 30.3 Å². The van der Waals surface area contributed by atoms with Crippen molar-refractivity contribution in [3.63, 3.8) is 0 Å². The highest BCUT2D eigenvalue weighted by molar-refractivity contribution is 7.92. The van der Waals surface area contributed by atoms with Crippen molar-refractivity contribution >= 4 is 27.5 Å². The van der Waals surface area contributed by atoms with E-state index in [1.165, 1.54) is 4.90 Å². The SMILES string of the molecule is CCNC(=O)[C@H](CC)N(Cc1ccccc1)C(=O)CN(c1ccccc1)S(C)(=O)=O. The monoisotopic (exact) mass is 431 g/mol. The zero-order valence-corrected chi connectivity index (χ0v) is 18.4. The van der Waals surface area contributed by atoms with Gasteiger partial charge < -0.3 is 10.2 Å². The summed E-state index contributed by atoms with van der Waals surface area (Å²) in [5.74, 6) is -0.693. The molecule has 7 nitrogen and oxygen atoms in total. The predicted octanol–water partition coefficient (Wildman–Crippen LogP) is 2.40. The van der Waals surface area contributed by atoms with E-state index in [4.69, 9.17) is 0 Å². The van der Waals surface area contributed by atoms with Crippen LogP contribution in [0.5, 0.6) is 0 Å². The number of sulfonamides is 1. The molecule has 2 aromatic carbocycles. The summed E-state index contributed by atoms with van der Waals surface area (Å²) < 4.78 is 25.9. The van der Waals surface area contributed by atoms with Gasteiger partial charge in [0.15, 0.2) is 0 Å². The third-order valence-corrected chi connectivity index (χ3v) is 5.80. The maximum absolute atomic E-state index is 13.3. The number of likely N-dealkylation sites (N-methyl/N-ethyl adjacent to an activating group) is 1. The molecule has 0 saturated carbocycles. The van der Waals surface area contributed by atoms with Crippen LogP contribution >= 0.6 is 0 Å². The molecule has 0 unspecified atom stereocenters. The van der Waals surface area contributed by atoms with Gasteiger partial charge in [0, 0.05) is 13.1 Å². The van der Waals surface area contributed by atoms with E-state index in [0.29, 0.717) is 18.7 Å². The molecule has 162 valence electrons. The third-order valence-electron chi connectivity index (χ3n) is 4.66. The van der Waals surface area contributed by atoms with E-state index in [9.17, 15) is 18.0 Å². The molecule has 0 heterocycles. The highest BCUT2D eigenvalue weighted by atomic mass is 32.2. The summed E-state index contributed by atoms with van der Waals surface area (Å²) in [6.07, 6.45) is 1.48. The lowest BCUT2D eigenvalue weighted by Gasteiger charge is -2.32. The van der Waals surface area contributed by atoms with Gasteiger partial charge in [-0.05, 0) is 31.0 Å². The first-order valence-corrected chi connectivity index (χ1v) is 11.8. The van der Waals surface area contributed by atoms with Crippen LogP contribution in [0.25, 0.3) is 0 Å². The molecule has 30 heavy (non-hydrogen) atoms. The average Bonchev–Trinajstić information content (AvgIpc) is 2.72. The summed E-state index contributed by atoms with van der Waals surface area (Å²) in [5, 5.41) is 2.77. The fraction of sp³-hybridized carbons (Fsp3) is 0.364. The second-order valence-corrected chi connectivity index (χ2v) is 8.84. The van der Waals surface area contributed by atoms with Crippen molar-refractivity contribution in [2.24, 2.45) is 0 Å². The molecule has 0 aliphatic heterocycles. The van der Waals surface area contributed by atoms with Gasteiger partial charge in [-0.25, -0.2) is 8.42 Å². The number of amides is 2. The quantitative estimate of drug-likeness (QED) is 0.626. The lowest BCUT2D eigenvalue weighted by atomic mass is 10.1. The molecule has 0 radical (unpaired) electrons. The van der Waals surface area contributed by atoms with Gasteiger partial charge >= 0.3 is 0 Å². The second-order valence-electron chi connectivity index (χ2n) is 6.93. The Morgan fingerprint density at radius 3 is 2.03 bits per heavy atom. The van der Waals surface area contributed by atoms with Crippen LogP contribution in [0.3, 0.4) is 0 Å². The van der Waals surface area contributed by atoms with Gasteiger partial charge in [0.2, 0.25) is 21.8 Å². The molecule has 0 fully saturated rings. The molecule has 0 aliphatic carbocycles. The van der Waals surface area contributed by atoms with Crippen molar-refractivity contribution in [1.29, 1.82) is 0 Å². The molecule has 0 aromatic heterocycles. The van der Waals surface area contributed by atoms with Crippen molar-refractivity contribution in [3.05, 3.63) is 66.2 Å². The summed E-state index contributed by atoms with van der Waals surface area (Å²) in [6.45, 7) is 3.92. The molecule has 0 saturated heterocycles. The lowest BCUT2D eigenvalue weighted by Crippen LogP contribution is -2.52. The summed E-state index contributed by atoms with van der Waals surface area (Å²) in [7, 11) is -3.70. The average molecular weight is 432 g/mol. The normalized spacial score (nSPS) is 12.1. The van der Waals surface area contributed by atoms with Crippen molar-refractivity contribution < 1.29 is 18.0 Å². The van der Waals surface area contributed by atoms with E-state index >= 15 is 0 Å². The summed E-state index contributed by atoms with van der Waals surface area (Å²) in [6, 6.07) is 17.1. The predicted molar refractivity (Wildman–Crippen MR) is 118 cm³/mol. The van der Waals surface area contributed by atoms with E-state index in [2.05, 4.69) is 5.32 Å². The number of nitrogens with one attached hydrogen (secondary N) is 1. The maximum atomic E-state index is 13.3. The summed E-state index contributed by atoms with van der Waals surface area (Å²) in [4.78, 5) is 27.4. The Morgan fingerprint density at radius 1 is 0.967 bits per heavy atom. The Hall–Kier alpha value is -2.87. The van der Waals surface area contributed by atoms with Crippen molar-refractivity contribution in [1.82, 2.24) is 10.2 Å². The molecule has 2 rings (SSSR count). The van der Waals surface area contributed by atoms with Crippen LogP contribution in [-0.4, -0.2) is 50.5 Å². The zero-order valence-electron chi connectivity index (χ0n) is 17.6. The van der Waals surface area contributed by atoms with Crippen LogP contribution < -0.4 is 9.62 Å². The van der Waals surface area contributed by atoms with Crippen LogP contribution in [0, 0.1) is 0 Å². The highest BCUT2D eigenvalue weighted by Crippen LogP contribution is 2.19. The van der Waals surface area contributed by atoms with Gasteiger partial charge in [0.05, 0.1) is 11.9 Å². The Balaban J connectivity index is 2.37. The minimum Gasteiger partial charge on any atom is -0.355 e. The Kier molecular flexibility index (Phi) is 8.41. The highest BCUT2D eigenvalue weighted by Gasteiger charge is 2.31. The number of hydrogen-bond acceptors (Lipinski definition) is 4. The fourth-order valence-electron chi connectivity index (χ4n) is 3.20. The van der Waals surface area contributed by atoms with Gasteiger partial charge in [-0.1, -0.05) is 55.5 Å². The number of benzene rings is 2. The van der Waals surface area contributed by atoms with Gasteiger partial charge in [0.1, 0.15) is 12.6 Å². The standard InChI is InChI=1S/C22H29N3O4S/c1-4-20(22(27)23-5-2)24(16-18-12-8-6-9-13-18)21(26)17-25(30(3,28)29)19-14-10-7-11-15-19/h6-15,20H,4-5,16-17H2,1-3H3,(H,23,27)/t20-/m0/s1. The van der Waals surface area contributed by atoms with Gasteiger partial charge in [0.25, 0.3) is 0 Å². The van der Waals surface area contributed by atoms with E-state index in [1.807, 2.05) is 44.2 Å². The molecule has 1 N–H and O–H groups in total. The Labute approximate surface area is 178 Å². The topological polar surface area (TPSA) is 86.8 Å². The first kappa shape index (κ1) is 23.4. The van der Waals surface area contributed by atoms with Crippen molar-refractivity contribution in [2.75, 3.05) is 23.7 Å². The van der Waals surface area contributed by atoms with Gasteiger partial charge in [-0.3, -0.25) is 13.9 Å².